The summed E-state index contributed by atoms with van der Waals surface area (Å²) in [5.41, 5.74) is 3.96. The molecule has 0 aliphatic carbocycles. The Morgan fingerprint density at radius 3 is 2.66 bits per heavy atom. The number of fused-ring (bicyclic) bond motifs is 1. The summed E-state index contributed by atoms with van der Waals surface area (Å²) in [5.74, 6) is -0.472. The van der Waals surface area contributed by atoms with Crippen LogP contribution in [0.5, 0.6) is 0 Å². The van der Waals surface area contributed by atoms with Crippen LogP contribution in [0.25, 0.3) is 28.4 Å². The molecule has 1 atom stereocenters. The van der Waals surface area contributed by atoms with Crippen LogP contribution >= 0.6 is 11.6 Å². The van der Waals surface area contributed by atoms with E-state index in [1.54, 1.807) is 62.5 Å². The summed E-state index contributed by atoms with van der Waals surface area (Å²) in [6.07, 6.45) is 1.58. The fourth-order valence-electron chi connectivity index (χ4n) is 3.98. The number of amides is 1. The first-order valence-electron chi connectivity index (χ1n) is 11.5. The molecule has 0 bridgehead atoms. The fraction of sp³-hybridized carbons (Fsp3) is 0.154. The van der Waals surface area contributed by atoms with Crippen molar-refractivity contribution in [1.29, 1.82) is 0 Å². The molecule has 2 aromatic carbocycles. The summed E-state index contributed by atoms with van der Waals surface area (Å²) in [5, 5.41) is 20.5. The van der Waals surface area contributed by atoms with Crippen LogP contribution in [0.4, 0.5) is 10.5 Å². The lowest BCUT2D eigenvalue weighted by Gasteiger charge is -2.15. The number of benzene rings is 2. The quantitative estimate of drug-likeness (QED) is 0.283. The first kappa shape index (κ1) is 24.9. The van der Waals surface area contributed by atoms with Crippen LogP contribution in [-0.2, 0) is 16.0 Å². The second-order valence-electron chi connectivity index (χ2n) is 8.42. The highest BCUT2D eigenvalue weighted by Crippen LogP contribution is 2.33. The van der Waals surface area contributed by atoms with Gasteiger partial charge in [-0.2, -0.15) is 9.61 Å². The average Bonchev–Trinajstić information content (AvgIpc) is 3.51. The summed E-state index contributed by atoms with van der Waals surface area (Å²) < 4.78 is 12.5. The third-order valence-corrected chi connectivity index (χ3v) is 6.19. The number of carbonyl (C=O) groups is 2. The minimum absolute atomic E-state index is 0.0714. The van der Waals surface area contributed by atoms with E-state index in [4.69, 9.17) is 26.0 Å². The number of aryl methyl sites for hydroxylation is 1. The third-order valence-electron chi connectivity index (χ3n) is 5.85. The zero-order valence-electron chi connectivity index (χ0n) is 20.3. The minimum Gasteiger partial charge on any atom is -0.481 e. The number of ether oxygens (including phenoxy) is 1. The lowest BCUT2D eigenvalue weighted by molar-refractivity contribution is -0.136. The molecule has 5 aromatic rings. The summed E-state index contributed by atoms with van der Waals surface area (Å²) in [4.78, 5) is 32.6. The van der Waals surface area contributed by atoms with Gasteiger partial charge >= 0.3 is 12.1 Å². The van der Waals surface area contributed by atoms with Gasteiger partial charge in [0.05, 0.1) is 6.42 Å². The average molecular weight is 533 g/mol. The van der Waals surface area contributed by atoms with E-state index in [0.29, 0.717) is 33.1 Å². The maximum Gasteiger partial charge on any atom is 0.412 e. The van der Waals surface area contributed by atoms with Crippen molar-refractivity contribution in [2.24, 2.45) is 0 Å². The molecule has 0 aliphatic heterocycles. The Labute approximate surface area is 221 Å². The van der Waals surface area contributed by atoms with Gasteiger partial charge in [0.15, 0.2) is 5.65 Å². The second kappa shape index (κ2) is 10.3. The zero-order chi connectivity index (χ0) is 26.8. The molecule has 0 radical (unpaired) electrons. The molecule has 38 heavy (non-hydrogen) atoms. The van der Waals surface area contributed by atoms with Crippen molar-refractivity contribution in [3.8, 4) is 22.7 Å². The van der Waals surface area contributed by atoms with Crippen LogP contribution in [0, 0.1) is 6.92 Å². The van der Waals surface area contributed by atoms with E-state index >= 15 is 0 Å². The monoisotopic (exact) mass is 532 g/mol. The highest BCUT2D eigenvalue weighted by atomic mass is 35.5. The summed E-state index contributed by atoms with van der Waals surface area (Å²) in [6.45, 7) is 3.39. The van der Waals surface area contributed by atoms with Crippen molar-refractivity contribution in [3.05, 3.63) is 82.9 Å². The van der Waals surface area contributed by atoms with Crippen molar-refractivity contribution in [1.82, 2.24) is 24.7 Å². The number of nitrogens with zero attached hydrogens (tertiary/aromatic N) is 5. The van der Waals surface area contributed by atoms with E-state index in [0.717, 1.165) is 5.56 Å². The van der Waals surface area contributed by atoms with Crippen molar-refractivity contribution in [2.75, 3.05) is 5.32 Å². The number of rotatable bonds is 7. The molecular weight excluding hydrogens is 512 g/mol. The largest absolute Gasteiger partial charge is 0.481 e. The molecule has 1 amide bonds. The first-order chi connectivity index (χ1) is 18.3. The van der Waals surface area contributed by atoms with Gasteiger partial charge in [-0.25, -0.2) is 14.8 Å². The van der Waals surface area contributed by atoms with Gasteiger partial charge in [0.1, 0.15) is 23.8 Å². The van der Waals surface area contributed by atoms with Crippen LogP contribution in [-0.4, -0.2) is 41.9 Å². The molecule has 0 spiro atoms. The molecule has 2 N–H and O–H groups in total. The van der Waals surface area contributed by atoms with E-state index in [2.05, 4.69) is 25.5 Å². The third kappa shape index (κ3) is 4.91. The Morgan fingerprint density at radius 2 is 1.92 bits per heavy atom. The number of aromatic nitrogens is 5. The maximum atomic E-state index is 12.8. The van der Waals surface area contributed by atoms with Crippen LogP contribution in [0.1, 0.15) is 29.8 Å². The molecule has 3 heterocycles. The van der Waals surface area contributed by atoms with Gasteiger partial charge in [0.2, 0.25) is 11.6 Å². The first-order valence-corrected chi connectivity index (χ1v) is 11.9. The summed E-state index contributed by atoms with van der Waals surface area (Å²) in [6, 6.07) is 14.2. The van der Waals surface area contributed by atoms with Gasteiger partial charge in [-0.15, -0.1) is 0 Å². The summed E-state index contributed by atoms with van der Waals surface area (Å²) >= 11 is 6.22. The molecule has 0 saturated carbocycles. The van der Waals surface area contributed by atoms with Crippen LogP contribution < -0.4 is 5.32 Å². The zero-order valence-corrected chi connectivity index (χ0v) is 21.0. The van der Waals surface area contributed by atoms with Crippen LogP contribution in [0.15, 0.2) is 65.6 Å². The highest BCUT2D eigenvalue weighted by Gasteiger charge is 2.24. The van der Waals surface area contributed by atoms with Crippen LogP contribution in [0.2, 0.25) is 5.02 Å². The fourth-order valence-corrected chi connectivity index (χ4v) is 4.27. The minimum atomic E-state index is -0.905. The smallest absolute Gasteiger partial charge is 0.412 e. The molecule has 0 saturated heterocycles. The molecule has 12 heteroatoms. The van der Waals surface area contributed by atoms with Gasteiger partial charge in [-0.3, -0.25) is 10.1 Å². The Hall–Kier alpha value is -4.77. The standard InChI is InChI=1S/C26H21ClN6O5/c1-14-22(31-26(36)37-15(2)18-5-3-4-6-20(18)27)23(38-32-14)25-28-12-19(24-29-13-30-33(24)25)17-9-7-16(8-10-17)11-21(34)35/h3-10,12-13,15H,11H2,1-2H3,(H,31,36)(H,34,35). The highest BCUT2D eigenvalue weighted by molar-refractivity contribution is 6.31. The molecular formula is C26H21ClN6O5. The Kier molecular flexibility index (Phi) is 6.75. The van der Waals surface area contributed by atoms with Crippen molar-refractivity contribution >= 4 is 35.0 Å². The molecule has 192 valence electrons. The van der Waals surface area contributed by atoms with E-state index in [1.165, 1.54) is 10.8 Å². The van der Waals surface area contributed by atoms with E-state index in [1.807, 2.05) is 6.07 Å². The van der Waals surface area contributed by atoms with Gasteiger partial charge in [-0.05, 0) is 31.0 Å². The maximum absolute atomic E-state index is 12.8. The lowest BCUT2D eigenvalue weighted by Crippen LogP contribution is -2.17. The van der Waals surface area contributed by atoms with Crippen molar-refractivity contribution in [3.63, 3.8) is 0 Å². The Bertz CT molecular complexity index is 1650. The molecule has 0 fully saturated rings. The topological polar surface area (TPSA) is 145 Å². The lowest BCUT2D eigenvalue weighted by atomic mass is 10.0. The van der Waals surface area contributed by atoms with Crippen LogP contribution in [0.3, 0.4) is 0 Å². The number of halogens is 1. The van der Waals surface area contributed by atoms with E-state index < -0.39 is 18.2 Å². The molecule has 5 rings (SSSR count). The number of carbonyl (C=O) groups excluding carboxylic acids is 1. The number of aliphatic carboxylic acids is 1. The Balaban J connectivity index is 1.43. The molecule has 3 aromatic heterocycles. The van der Waals surface area contributed by atoms with Gasteiger partial charge in [0.25, 0.3) is 0 Å². The number of hydrogen-bond acceptors (Lipinski definition) is 8. The second-order valence-corrected chi connectivity index (χ2v) is 8.83. The predicted molar refractivity (Wildman–Crippen MR) is 138 cm³/mol. The van der Waals surface area contributed by atoms with E-state index in [-0.39, 0.29) is 23.7 Å². The van der Waals surface area contributed by atoms with E-state index in [9.17, 15) is 9.59 Å². The number of anilines is 1. The molecule has 0 aliphatic rings. The normalized spacial score (nSPS) is 11.9. The number of nitrogens with one attached hydrogen (secondary N) is 1. The van der Waals surface area contributed by atoms with Gasteiger partial charge in [-0.1, -0.05) is 59.2 Å². The number of hydrogen-bond donors (Lipinski definition) is 2. The molecule has 11 nitrogen and oxygen atoms in total. The van der Waals surface area contributed by atoms with Gasteiger partial charge < -0.3 is 14.4 Å². The predicted octanol–water partition coefficient (Wildman–Crippen LogP) is 5.34. The molecule has 1 unspecified atom stereocenters. The number of carboxylic acid groups (broad SMARTS) is 1. The number of carboxylic acids is 1. The van der Waals surface area contributed by atoms with Crippen molar-refractivity contribution in [2.45, 2.75) is 26.4 Å². The SMILES string of the molecule is Cc1noc(-c2ncc(-c3ccc(CC(=O)O)cc3)c3ncnn23)c1NC(=O)OC(C)c1ccccc1Cl. The Morgan fingerprint density at radius 1 is 1.16 bits per heavy atom. The van der Waals surface area contributed by atoms with Crippen molar-refractivity contribution < 1.29 is 24.0 Å². The van der Waals surface area contributed by atoms with Gasteiger partial charge in [0, 0.05) is 22.3 Å². The summed E-state index contributed by atoms with van der Waals surface area (Å²) in [7, 11) is 0.